The van der Waals surface area contributed by atoms with E-state index in [-0.39, 0.29) is 12.5 Å². The molecule has 0 aromatic carbocycles. The summed E-state index contributed by atoms with van der Waals surface area (Å²) in [4.78, 5) is 13.2. The predicted octanol–water partition coefficient (Wildman–Crippen LogP) is 1.50. The van der Waals surface area contributed by atoms with Gasteiger partial charge in [0.25, 0.3) is 0 Å². The molecule has 0 spiro atoms. The third kappa shape index (κ3) is 5.88. The molecule has 0 aliphatic heterocycles. The maximum Gasteiger partial charge on any atom is 0.248 e. The van der Waals surface area contributed by atoms with Crippen LogP contribution in [-0.2, 0) is 9.53 Å². The Hall–Kier alpha value is -0.280. The highest BCUT2D eigenvalue weighted by Crippen LogP contribution is 1.95. The van der Waals surface area contributed by atoms with E-state index in [0.29, 0.717) is 19.0 Å². The molecule has 0 aliphatic rings. The molecule has 0 fully saturated rings. The van der Waals surface area contributed by atoms with E-state index in [1.165, 1.54) is 0 Å². The molecular weight excluding hydrogens is 190 g/mol. The van der Waals surface area contributed by atoms with E-state index in [4.69, 9.17) is 16.3 Å². The Labute approximate surface area is 85.0 Å². The van der Waals surface area contributed by atoms with E-state index >= 15 is 0 Å². The SMILES string of the molecule is CCCN(CCCl)C(=O)COCC. The van der Waals surface area contributed by atoms with Crippen LogP contribution in [0.2, 0.25) is 0 Å². The van der Waals surface area contributed by atoms with Crippen molar-refractivity contribution in [2.24, 2.45) is 0 Å². The number of amides is 1. The average molecular weight is 208 g/mol. The van der Waals surface area contributed by atoms with Crippen LogP contribution in [0.1, 0.15) is 20.3 Å². The Bertz CT molecular complexity index is 136. The number of rotatable bonds is 7. The summed E-state index contributed by atoms with van der Waals surface area (Å²) in [5, 5.41) is 0. The highest BCUT2D eigenvalue weighted by Gasteiger charge is 2.10. The number of carbonyl (C=O) groups excluding carboxylic acids is 1. The van der Waals surface area contributed by atoms with E-state index in [1.807, 2.05) is 13.8 Å². The standard InChI is InChI=1S/C9H18ClNO2/c1-3-6-11(7-5-10)9(12)8-13-4-2/h3-8H2,1-2H3. The van der Waals surface area contributed by atoms with Crippen LogP contribution in [0.15, 0.2) is 0 Å². The first-order chi connectivity index (χ1) is 6.26. The Morgan fingerprint density at radius 2 is 2.08 bits per heavy atom. The highest BCUT2D eigenvalue weighted by atomic mass is 35.5. The topological polar surface area (TPSA) is 29.5 Å². The molecule has 0 aromatic heterocycles. The number of ether oxygens (including phenoxy) is 1. The van der Waals surface area contributed by atoms with Crippen molar-refractivity contribution >= 4 is 17.5 Å². The first-order valence-electron chi connectivity index (χ1n) is 4.67. The number of nitrogens with zero attached hydrogens (tertiary/aromatic N) is 1. The van der Waals surface area contributed by atoms with Crippen LogP contribution in [-0.4, -0.2) is 43.0 Å². The van der Waals surface area contributed by atoms with Crippen molar-refractivity contribution < 1.29 is 9.53 Å². The molecule has 0 atom stereocenters. The van der Waals surface area contributed by atoms with Gasteiger partial charge in [-0.1, -0.05) is 6.92 Å². The fourth-order valence-corrected chi connectivity index (χ4v) is 1.22. The van der Waals surface area contributed by atoms with Crippen molar-refractivity contribution in [1.29, 1.82) is 0 Å². The largest absolute Gasteiger partial charge is 0.372 e. The molecule has 0 heterocycles. The van der Waals surface area contributed by atoms with Crippen LogP contribution in [0, 0.1) is 0 Å². The molecule has 0 aliphatic carbocycles. The van der Waals surface area contributed by atoms with Gasteiger partial charge < -0.3 is 9.64 Å². The van der Waals surface area contributed by atoms with Gasteiger partial charge in [-0.25, -0.2) is 0 Å². The first-order valence-corrected chi connectivity index (χ1v) is 5.21. The van der Waals surface area contributed by atoms with Crippen molar-refractivity contribution in [2.75, 3.05) is 32.2 Å². The third-order valence-corrected chi connectivity index (χ3v) is 1.80. The van der Waals surface area contributed by atoms with Gasteiger partial charge in [0.05, 0.1) is 0 Å². The fourth-order valence-electron chi connectivity index (χ4n) is 1.01. The van der Waals surface area contributed by atoms with Crippen LogP contribution in [0.5, 0.6) is 0 Å². The van der Waals surface area contributed by atoms with Gasteiger partial charge in [0, 0.05) is 25.6 Å². The molecule has 0 aromatic rings. The second-order valence-corrected chi connectivity index (χ2v) is 3.08. The van der Waals surface area contributed by atoms with Gasteiger partial charge in [-0.05, 0) is 13.3 Å². The summed E-state index contributed by atoms with van der Waals surface area (Å²) >= 11 is 5.58. The summed E-state index contributed by atoms with van der Waals surface area (Å²) in [7, 11) is 0. The molecule has 0 N–H and O–H groups in total. The first kappa shape index (κ1) is 12.7. The Kier molecular flexibility index (Phi) is 8.14. The summed E-state index contributed by atoms with van der Waals surface area (Å²) in [5.41, 5.74) is 0. The zero-order valence-electron chi connectivity index (χ0n) is 8.38. The van der Waals surface area contributed by atoms with Crippen molar-refractivity contribution in [3.8, 4) is 0 Å². The Morgan fingerprint density at radius 1 is 1.38 bits per heavy atom. The molecule has 78 valence electrons. The Morgan fingerprint density at radius 3 is 2.54 bits per heavy atom. The molecule has 1 amide bonds. The zero-order valence-corrected chi connectivity index (χ0v) is 9.14. The maximum atomic E-state index is 11.4. The highest BCUT2D eigenvalue weighted by molar-refractivity contribution is 6.18. The monoisotopic (exact) mass is 207 g/mol. The molecule has 0 saturated heterocycles. The smallest absolute Gasteiger partial charge is 0.248 e. The second kappa shape index (κ2) is 8.32. The molecule has 3 nitrogen and oxygen atoms in total. The van der Waals surface area contributed by atoms with Gasteiger partial charge >= 0.3 is 0 Å². The van der Waals surface area contributed by atoms with Gasteiger partial charge in [-0.2, -0.15) is 0 Å². The molecule has 0 rings (SSSR count). The summed E-state index contributed by atoms with van der Waals surface area (Å²) in [6.45, 7) is 6.04. The quantitative estimate of drug-likeness (QED) is 0.593. The van der Waals surface area contributed by atoms with Gasteiger partial charge in [-0.15, -0.1) is 11.6 Å². The van der Waals surface area contributed by atoms with Gasteiger partial charge in [-0.3, -0.25) is 4.79 Å². The molecule has 4 heteroatoms. The number of carbonyl (C=O) groups is 1. The molecule has 0 saturated carbocycles. The maximum absolute atomic E-state index is 11.4. The summed E-state index contributed by atoms with van der Waals surface area (Å²) < 4.78 is 5.03. The predicted molar refractivity (Wildman–Crippen MR) is 54.1 cm³/mol. The van der Waals surface area contributed by atoms with Crippen LogP contribution in [0.3, 0.4) is 0 Å². The summed E-state index contributed by atoms with van der Waals surface area (Å²) in [5.74, 6) is 0.516. The lowest BCUT2D eigenvalue weighted by Gasteiger charge is -2.20. The third-order valence-electron chi connectivity index (χ3n) is 1.63. The number of halogens is 1. The minimum absolute atomic E-state index is 0.0318. The van der Waals surface area contributed by atoms with Crippen LogP contribution < -0.4 is 0 Å². The second-order valence-electron chi connectivity index (χ2n) is 2.71. The van der Waals surface area contributed by atoms with Crippen molar-refractivity contribution in [1.82, 2.24) is 4.90 Å². The number of alkyl halides is 1. The normalized spacial score (nSPS) is 10.1. The van der Waals surface area contributed by atoms with E-state index in [2.05, 4.69) is 0 Å². The van der Waals surface area contributed by atoms with Crippen LogP contribution >= 0.6 is 11.6 Å². The molecule has 0 radical (unpaired) electrons. The van der Waals surface area contributed by atoms with Crippen molar-refractivity contribution in [3.05, 3.63) is 0 Å². The molecular formula is C9H18ClNO2. The van der Waals surface area contributed by atoms with Crippen molar-refractivity contribution in [3.63, 3.8) is 0 Å². The van der Waals surface area contributed by atoms with Gasteiger partial charge in [0.15, 0.2) is 0 Å². The minimum Gasteiger partial charge on any atom is -0.372 e. The molecule has 0 unspecified atom stereocenters. The lowest BCUT2D eigenvalue weighted by Crippen LogP contribution is -2.36. The van der Waals surface area contributed by atoms with Crippen molar-refractivity contribution in [2.45, 2.75) is 20.3 Å². The van der Waals surface area contributed by atoms with E-state index < -0.39 is 0 Å². The van der Waals surface area contributed by atoms with Gasteiger partial charge in [0.2, 0.25) is 5.91 Å². The molecule has 0 bridgehead atoms. The lowest BCUT2D eigenvalue weighted by atomic mass is 10.4. The van der Waals surface area contributed by atoms with E-state index in [0.717, 1.165) is 13.0 Å². The van der Waals surface area contributed by atoms with Gasteiger partial charge in [0.1, 0.15) is 6.61 Å². The van der Waals surface area contributed by atoms with Crippen LogP contribution in [0.4, 0.5) is 0 Å². The minimum atomic E-state index is 0.0318. The molecule has 13 heavy (non-hydrogen) atoms. The average Bonchev–Trinajstić information content (AvgIpc) is 2.14. The summed E-state index contributed by atoms with van der Waals surface area (Å²) in [6, 6.07) is 0. The van der Waals surface area contributed by atoms with E-state index in [1.54, 1.807) is 4.90 Å². The fraction of sp³-hybridized carbons (Fsp3) is 0.889. The number of hydrogen-bond donors (Lipinski definition) is 0. The Balaban J connectivity index is 3.80. The van der Waals surface area contributed by atoms with E-state index in [9.17, 15) is 4.79 Å². The summed E-state index contributed by atoms with van der Waals surface area (Å²) in [6.07, 6.45) is 0.953. The lowest BCUT2D eigenvalue weighted by molar-refractivity contribution is -0.135. The van der Waals surface area contributed by atoms with Crippen LogP contribution in [0.25, 0.3) is 0 Å². The number of hydrogen-bond acceptors (Lipinski definition) is 2. The zero-order chi connectivity index (χ0) is 10.1.